The number of thiophene rings is 1. The van der Waals surface area contributed by atoms with Crippen LogP contribution < -0.4 is 15.4 Å². The van der Waals surface area contributed by atoms with E-state index in [4.69, 9.17) is 4.74 Å². The summed E-state index contributed by atoms with van der Waals surface area (Å²) in [5, 5.41) is 7.14. The average molecular weight is 454 g/mol. The fourth-order valence-electron chi connectivity index (χ4n) is 4.29. The smallest absolute Gasteiger partial charge is 0.265 e. The minimum absolute atomic E-state index is 0.116. The summed E-state index contributed by atoms with van der Waals surface area (Å²) < 4.78 is 22.0. The van der Waals surface area contributed by atoms with Crippen LogP contribution in [0.1, 0.15) is 42.1 Å². The monoisotopic (exact) mass is 453 g/mol. The number of carbonyl (C=O) groups is 1. The number of nitrogens with one attached hydrogen (secondary N) is 2. The lowest BCUT2D eigenvalue weighted by atomic mass is 9.98. The van der Waals surface area contributed by atoms with Crippen LogP contribution >= 0.6 is 11.3 Å². The molecule has 0 radical (unpaired) electrons. The van der Waals surface area contributed by atoms with Gasteiger partial charge in [0.05, 0.1) is 16.3 Å². The molecule has 1 unspecified atom stereocenters. The Labute approximate surface area is 188 Å². The summed E-state index contributed by atoms with van der Waals surface area (Å²) in [4.78, 5) is 22.8. The molecule has 9 heteroatoms. The number of imidazole rings is 1. The molecule has 5 heterocycles. The van der Waals surface area contributed by atoms with Gasteiger partial charge in [0.1, 0.15) is 10.9 Å². The van der Waals surface area contributed by atoms with E-state index in [-0.39, 0.29) is 17.7 Å². The minimum Gasteiger partial charge on any atom is -0.474 e. The van der Waals surface area contributed by atoms with E-state index in [1.165, 1.54) is 17.4 Å². The molecule has 2 N–H and O–H groups in total. The van der Waals surface area contributed by atoms with Gasteiger partial charge in [-0.1, -0.05) is 0 Å². The number of aromatic nitrogens is 3. The second-order valence-corrected chi connectivity index (χ2v) is 9.51. The van der Waals surface area contributed by atoms with Crippen molar-refractivity contribution in [2.75, 3.05) is 5.32 Å². The number of rotatable bonds is 4. The maximum Gasteiger partial charge on any atom is 0.265 e. The average Bonchev–Trinajstić information content (AvgIpc) is 3.30. The summed E-state index contributed by atoms with van der Waals surface area (Å²) in [5.74, 6) is -0.232. The molecular weight excluding hydrogens is 429 g/mol. The van der Waals surface area contributed by atoms with Gasteiger partial charge in [0.25, 0.3) is 5.91 Å². The number of hydrogen-bond acceptors (Lipinski definition) is 6. The topological polar surface area (TPSA) is 80.5 Å². The Kier molecular flexibility index (Phi) is 5.30. The highest BCUT2D eigenvalue weighted by atomic mass is 32.1. The molecule has 5 rings (SSSR count). The van der Waals surface area contributed by atoms with Crippen molar-refractivity contribution in [3.05, 3.63) is 53.0 Å². The number of ether oxygens (including phenoxy) is 1. The van der Waals surface area contributed by atoms with Gasteiger partial charge in [-0.3, -0.25) is 4.79 Å². The first kappa shape index (κ1) is 20.8. The fourth-order valence-corrected chi connectivity index (χ4v) is 5.21. The van der Waals surface area contributed by atoms with Gasteiger partial charge in [0.15, 0.2) is 11.5 Å². The number of carbonyl (C=O) groups excluding carboxylic acids is 1. The Hall–Kier alpha value is -3.04. The molecule has 1 fully saturated rings. The molecule has 0 bridgehead atoms. The molecule has 3 atom stereocenters. The number of hydrogen-bond donors (Lipinski definition) is 2. The van der Waals surface area contributed by atoms with E-state index in [0.717, 1.165) is 23.1 Å². The molecule has 1 aliphatic heterocycles. The Balaban J connectivity index is 1.34. The van der Waals surface area contributed by atoms with Crippen LogP contribution in [0.3, 0.4) is 0 Å². The molecule has 0 aromatic carbocycles. The summed E-state index contributed by atoms with van der Waals surface area (Å²) in [5.41, 5.74) is 1.30. The SMILES string of the molecule is Cc1cn2cc(NC(=O)c3cc4ccc(OC5C[C@@H](C)N[C@@H](C)C5)nc4s3)cc(F)c2n1. The predicted molar refractivity (Wildman–Crippen MR) is 123 cm³/mol. The number of aryl methyl sites for hydroxylation is 1. The number of amides is 1. The summed E-state index contributed by atoms with van der Waals surface area (Å²) in [6.45, 7) is 6.11. The van der Waals surface area contributed by atoms with Crippen LogP contribution in [0.25, 0.3) is 15.9 Å². The highest BCUT2D eigenvalue weighted by molar-refractivity contribution is 7.20. The summed E-state index contributed by atoms with van der Waals surface area (Å²) in [7, 11) is 0. The molecule has 1 aliphatic rings. The highest BCUT2D eigenvalue weighted by Crippen LogP contribution is 2.28. The van der Waals surface area contributed by atoms with Gasteiger partial charge in [0, 0.05) is 42.0 Å². The van der Waals surface area contributed by atoms with Crippen LogP contribution in [0.15, 0.2) is 36.7 Å². The lowest BCUT2D eigenvalue weighted by molar-refractivity contribution is 0.103. The van der Waals surface area contributed by atoms with Crippen LogP contribution in [0, 0.1) is 12.7 Å². The van der Waals surface area contributed by atoms with Crippen molar-refractivity contribution in [3.8, 4) is 5.88 Å². The minimum atomic E-state index is -0.489. The summed E-state index contributed by atoms with van der Waals surface area (Å²) in [6.07, 6.45) is 5.34. The van der Waals surface area contributed by atoms with Crippen LogP contribution in [0.5, 0.6) is 5.88 Å². The fraction of sp³-hybridized carbons (Fsp3) is 0.348. The Morgan fingerprint density at radius 2 is 2.00 bits per heavy atom. The number of piperidine rings is 1. The van der Waals surface area contributed by atoms with E-state index < -0.39 is 5.82 Å². The van der Waals surface area contributed by atoms with Gasteiger partial charge >= 0.3 is 0 Å². The van der Waals surface area contributed by atoms with Crippen molar-refractivity contribution >= 4 is 38.8 Å². The van der Waals surface area contributed by atoms with E-state index >= 15 is 0 Å². The Morgan fingerprint density at radius 1 is 1.22 bits per heavy atom. The normalized spacial score (nSPS) is 21.2. The number of halogens is 1. The molecule has 0 aliphatic carbocycles. The van der Waals surface area contributed by atoms with Crippen molar-refractivity contribution in [1.82, 2.24) is 19.7 Å². The number of pyridine rings is 2. The molecule has 7 nitrogen and oxygen atoms in total. The van der Waals surface area contributed by atoms with E-state index in [9.17, 15) is 9.18 Å². The third-order valence-corrected chi connectivity index (χ3v) is 6.60. The van der Waals surface area contributed by atoms with Crippen molar-refractivity contribution in [2.24, 2.45) is 0 Å². The van der Waals surface area contributed by atoms with Gasteiger partial charge in [-0.25, -0.2) is 14.4 Å². The van der Waals surface area contributed by atoms with Gasteiger partial charge in [-0.05, 0) is 45.7 Å². The van der Waals surface area contributed by atoms with Crippen LogP contribution in [-0.2, 0) is 0 Å². The third-order valence-electron chi connectivity index (χ3n) is 5.56. The molecule has 166 valence electrons. The first-order valence-electron chi connectivity index (χ1n) is 10.6. The first-order valence-corrected chi connectivity index (χ1v) is 11.4. The molecular formula is C23H24FN5O2S. The van der Waals surface area contributed by atoms with Crippen molar-refractivity contribution in [3.63, 3.8) is 0 Å². The lowest BCUT2D eigenvalue weighted by Gasteiger charge is -2.32. The second kappa shape index (κ2) is 8.14. The van der Waals surface area contributed by atoms with Gasteiger partial charge in [-0.2, -0.15) is 0 Å². The molecule has 1 saturated heterocycles. The Morgan fingerprint density at radius 3 is 2.78 bits per heavy atom. The summed E-state index contributed by atoms with van der Waals surface area (Å²) in [6, 6.07) is 7.63. The Bertz CT molecular complexity index is 1310. The maximum atomic E-state index is 14.3. The van der Waals surface area contributed by atoms with Crippen molar-refractivity contribution in [1.29, 1.82) is 0 Å². The highest BCUT2D eigenvalue weighted by Gasteiger charge is 2.25. The van der Waals surface area contributed by atoms with Gasteiger partial charge in [0.2, 0.25) is 5.88 Å². The number of fused-ring (bicyclic) bond motifs is 2. The van der Waals surface area contributed by atoms with Gasteiger partial charge in [-0.15, -0.1) is 11.3 Å². The van der Waals surface area contributed by atoms with E-state index in [1.807, 2.05) is 12.1 Å². The third kappa shape index (κ3) is 4.18. The van der Waals surface area contributed by atoms with E-state index in [2.05, 4.69) is 34.4 Å². The maximum absolute atomic E-state index is 14.3. The van der Waals surface area contributed by atoms with Crippen LogP contribution in [-0.4, -0.2) is 38.5 Å². The lowest BCUT2D eigenvalue weighted by Crippen LogP contribution is -2.46. The van der Waals surface area contributed by atoms with Crippen molar-refractivity contribution < 1.29 is 13.9 Å². The van der Waals surface area contributed by atoms with Crippen molar-refractivity contribution in [2.45, 2.75) is 51.8 Å². The standard InChI is InChI=1S/C23H24FN5O2S/c1-12-6-17(7-13(2)25-12)31-20-5-4-15-8-19(32-23(15)28-20)22(30)27-16-9-18(24)21-26-14(3)10-29(21)11-16/h4-5,8-13,17,25H,6-7H2,1-3H3,(H,27,30)/t12-,13+,17?. The number of nitrogens with zero attached hydrogens (tertiary/aromatic N) is 3. The number of anilines is 1. The van der Waals surface area contributed by atoms with E-state index in [1.54, 1.807) is 29.8 Å². The molecule has 4 aromatic rings. The molecule has 0 spiro atoms. The van der Waals surface area contributed by atoms with Crippen LogP contribution in [0.4, 0.5) is 10.1 Å². The zero-order valence-corrected chi connectivity index (χ0v) is 18.9. The van der Waals surface area contributed by atoms with Crippen LogP contribution in [0.2, 0.25) is 0 Å². The zero-order valence-electron chi connectivity index (χ0n) is 18.1. The second-order valence-electron chi connectivity index (χ2n) is 8.48. The zero-order chi connectivity index (χ0) is 22.4. The summed E-state index contributed by atoms with van der Waals surface area (Å²) >= 11 is 1.29. The largest absolute Gasteiger partial charge is 0.474 e. The first-order chi connectivity index (χ1) is 15.3. The van der Waals surface area contributed by atoms with Gasteiger partial charge < -0.3 is 19.8 Å². The quantitative estimate of drug-likeness (QED) is 0.474. The molecule has 1 amide bonds. The van der Waals surface area contributed by atoms with E-state index in [0.29, 0.717) is 34.2 Å². The molecule has 0 saturated carbocycles. The molecule has 4 aromatic heterocycles. The molecule has 32 heavy (non-hydrogen) atoms. The predicted octanol–water partition coefficient (Wildman–Crippen LogP) is 4.55.